The van der Waals surface area contributed by atoms with E-state index in [9.17, 15) is 0 Å². The molecule has 0 radical (unpaired) electrons. The number of hydrogen-bond donors (Lipinski definition) is 1. The summed E-state index contributed by atoms with van der Waals surface area (Å²) in [5.41, 5.74) is 11.4. The van der Waals surface area contributed by atoms with Crippen LogP contribution in [-0.2, 0) is 0 Å². The van der Waals surface area contributed by atoms with Crippen molar-refractivity contribution in [1.82, 2.24) is 0 Å². The van der Waals surface area contributed by atoms with E-state index in [1.807, 2.05) is 0 Å². The third-order valence-corrected chi connectivity index (χ3v) is 4.72. The lowest BCUT2D eigenvalue weighted by atomic mass is 9.92. The molecule has 0 heterocycles. The molecule has 0 aliphatic heterocycles. The van der Waals surface area contributed by atoms with Crippen molar-refractivity contribution >= 4 is 26.7 Å². The molecule has 0 saturated carbocycles. The van der Waals surface area contributed by atoms with Crippen molar-refractivity contribution in [3.8, 4) is 0 Å². The van der Waals surface area contributed by atoms with Gasteiger partial charge in [-0.3, -0.25) is 0 Å². The van der Waals surface area contributed by atoms with Gasteiger partial charge in [-0.05, 0) is 47.4 Å². The van der Waals surface area contributed by atoms with Crippen LogP contribution in [0.15, 0.2) is 59.1 Å². The van der Waals surface area contributed by atoms with Crippen LogP contribution in [0, 0.1) is 13.8 Å². The van der Waals surface area contributed by atoms with E-state index in [-0.39, 0.29) is 6.04 Å². The first-order chi connectivity index (χ1) is 10.1. The number of halogens is 1. The molecule has 1 nitrogen and oxygen atoms in total. The summed E-state index contributed by atoms with van der Waals surface area (Å²) >= 11 is 3.63. The fraction of sp³-hybridized carbons (Fsp3) is 0.158. The van der Waals surface area contributed by atoms with Crippen molar-refractivity contribution in [2.75, 3.05) is 0 Å². The number of nitrogens with two attached hydrogens (primary N) is 1. The molecule has 0 aromatic heterocycles. The Hall–Kier alpha value is -1.64. The number of rotatable bonds is 2. The molecule has 3 aromatic rings. The lowest BCUT2D eigenvalue weighted by Crippen LogP contribution is -2.13. The smallest absolute Gasteiger partial charge is 0.0569 e. The average Bonchev–Trinajstić information content (AvgIpc) is 2.50. The van der Waals surface area contributed by atoms with Crippen LogP contribution in [0.5, 0.6) is 0 Å². The van der Waals surface area contributed by atoms with Gasteiger partial charge in [-0.2, -0.15) is 0 Å². The minimum Gasteiger partial charge on any atom is -0.320 e. The summed E-state index contributed by atoms with van der Waals surface area (Å²) in [6, 6.07) is 18.9. The predicted molar refractivity (Wildman–Crippen MR) is 93.6 cm³/mol. The summed E-state index contributed by atoms with van der Waals surface area (Å²) in [5, 5.41) is 2.51. The van der Waals surface area contributed by atoms with Crippen LogP contribution in [0.1, 0.15) is 28.3 Å². The highest BCUT2D eigenvalue weighted by Gasteiger charge is 2.15. The molecular formula is C19H18BrN. The molecule has 21 heavy (non-hydrogen) atoms. The molecule has 0 spiro atoms. The summed E-state index contributed by atoms with van der Waals surface area (Å²) in [6.45, 7) is 4.23. The van der Waals surface area contributed by atoms with Gasteiger partial charge in [0.05, 0.1) is 6.04 Å². The van der Waals surface area contributed by atoms with Crippen LogP contribution in [0.3, 0.4) is 0 Å². The molecule has 1 atom stereocenters. The van der Waals surface area contributed by atoms with Crippen LogP contribution in [0.25, 0.3) is 10.8 Å². The zero-order valence-electron chi connectivity index (χ0n) is 12.2. The molecule has 3 aromatic carbocycles. The van der Waals surface area contributed by atoms with Gasteiger partial charge >= 0.3 is 0 Å². The van der Waals surface area contributed by atoms with Crippen LogP contribution in [0.2, 0.25) is 0 Å². The van der Waals surface area contributed by atoms with Gasteiger partial charge in [0.15, 0.2) is 0 Å². The maximum absolute atomic E-state index is 6.57. The Morgan fingerprint density at radius 2 is 1.57 bits per heavy atom. The molecule has 106 valence electrons. The molecule has 0 saturated heterocycles. The molecule has 1 unspecified atom stereocenters. The van der Waals surface area contributed by atoms with Gasteiger partial charge < -0.3 is 5.73 Å². The van der Waals surface area contributed by atoms with Gasteiger partial charge in [0, 0.05) is 4.47 Å². The molecule has 0 aliphatic carbocycles. The zero-order valence-corrected chi connectivity index (χ0v) is 13.8. The van der Waals surface area contributed by atoms with E-state index in [2.05, 4.69) is 84.4 Å². The number of hydrogen-bond acceptors (Lipinski definition) is 1. The second-order valence-electron chi connectivity index (χ2n) is 5.52. The topological polar surface area (TPSA) is 26.0 Å². The van der Waals surface area contributed by atoms with E-state index in [0.29, 0.717) is 0 Å². The largest absolute Gasteiger partial charge is 0.320 e. The highest BCUT2D eigenvalue weighted by atomic mass is 79.9. The van der Waals surface area contributed by atoms with Gasteiger partial charge in [-0.15, -0.1) is 0 Å². The lowest BCUT2D eigenvalue weighted by molar-refractivity contribution is 0.872. The quantitative estimate of drug-likeness (QED) is 0.676. The van der Waals surface area contributed by atoms with E-state index in [1.54, 1.807) is 0 Å². The van der Waals surface area contributed by atoms with Crippen molar-refractivity contribution < 1.29 is 0 Å². The molecular weight excluding hydrogens is 322 g/mol. The van der Waals surface area contributed by atoms with Crippen molar-refractivity contribution in [3.63, 3.8) is 0 Å². The first-order valence-electron chi connectivity index (χ1n) is 7.08. The van der Waals surface area contributed by atoms with Crippen molar-refractivity contribution in [2.45, 2.75) is 19.9 Å². The molecule has 0 aliphatic rings. The normalized spacial score (nSPS) is 12.6. The van der Waals surface area contributed by atoms with Crippen LogP contribution in [-0.4, -0.2) is 0 Å². The Balaban J connectivity index is 2.20. The Labute approximate surface area is 133 Å². The Kier molecular flexibility index (Phi) is 3.83. The standard InChI is InChI=1S/C19H18BrN/c1-12-7-10-18(20)17(11-12)19(21)16-9-8-13(2)14-5-3-4-6-15(14)16/h3-11,19H,21H2,1-2H3. The Morgan fingerprint density at radius 3 is 2.33 bits per heavy atom. The van der Waals surface area contributed by atoms with Crippen molar-refractivity contribution in [1.29, 1.82) is 0 Å². The third kappa shape index (κ3) is 2.61. The van der Waals surface area contributed by atoms with Gasteiger partial charge in [-0.1, -0.05) is 70.0 Å². The highest BCUT2D eigenvalue weighted by molar-refractivity contribution is 9.10. The van der Waals surface area contributed by atoms with Gasteiger partial charge in [0.1, 0.15) is 0 Å². The Morgan fingerprint density at radius 1 is 0.857 bits per heavy atom. The molecule has 0 amide bonds. The lowest BCUT2D eigenvalue weighted by Gasteiger charge is -2.18. The van der Waals surface area contributed by atoms with E-state index in [0.717, 1.165) is 10.0 Å². The van der Waals surface area contributed by atoms with E-state index in [4.69, 9.17) is 5.73 Å². The predicted octanol–water partition coefficient (Wildman–Crippen LogP) is 5.27. The Bertz CT molecular complexity index is 808. The summed E-state index contributed by atoms with van der Waals surface area (Å²) in [5.74, 6) is 0. The molecule has 0 bridgehead atoms. The van der Waals surface area contributed by atoms with E-state index < -0.39 is 0 Å². The summed E-state index contributed by atoms with van der Waals surface area (Å²) < 4.78 is 1.06. The monoisotopic (exact) mass is 339 g/mol. The number of fused-ring (bicyclic) bond motifs is 1. The van der Waals surface area contributed by atoms with Gasteiger partial charge in [-0.25, -0.2) is 0 Å². The van der Waals surface area contributed by atoms with Gasteiger partial charge in [0.2, 0.25) is 0 Å². The fourth-order valence-corrected chi connectivity index (χ4v) is 3.31. The van der Waals surface area contributed by atoms with E-state index in [1.165, 1.54) is 27.5 Å². The maximum atomic E-state index is 6.57. The average molecular weight is 340 g/mol. The first-order valence-corrected chi connectivity index (χ1v) is 7.87. The van der Waals surface area contributed by atoms with Crippen LogP contribution >= 0.6 is 15.9 Å². The number of aryl methyl sites for hydroxylation is 2. The molecule has 2 heteroatoms. The first kappa shape index (κ1) is 14.3. The van der Waals surface area contributed by atoms with Gasteiger partial charge in [0.25, 0.3) is 0 Å². The maximum Gasteiger partial charge on any atom is 0.0569 e. The summed E-state index contributed by atoms with van der Waals surface area (Å²) in [7, 11) is 0. The fourth-order valence-electron chi connectivity index (χ4n) is 2.81. The second-order valence-corrected chi connectivity index (χ2v) is 6.37. The van der Waals surface area contributed by atoms with Crippen LogP contribution < -0.4 is 5.73 Å². The highest BCUT2D eigenvalue weighted by Crippen LogP contribution is 2.32. The summed E-state index contributed by atoms with van der Waals surface area (Å²) in [4.78, 5) is 0. The number of benzene rings is 3. The zero-order chi connectivity index (χ0) is 15.0. The summed E-state index contributed by atoms with van der Waals surface area (Å²) in [6.07, 6.45) is 0. The SMILES string of the molecule is Cc1ccc(Br)c(C(N)c2ccc(C)c3ccccc23)c1. The van der Waals surface area contributed by atoms with Crippen molar-refractivity contribution in [3.05, 3.63) is 81.3 Å². The third-order valence-electron chi connectivity index (χ3n) is 4.00. The molecule has 0 fully saturated rings. The van der Waals surface area contributed by atoms with Crippen LogP contribution in [0.4, 0.5) is 0 Å². The minimum absolute atomic E-state index is 0.134. The second kappa shape index (κ2) is 5.63. The minimum atomic E-state index is -0.134. The van der Waals surface area contributed by atoms with Crippen molar-refractivity contribution in [2.24, 2.45) is 5.73 Å². The molecule has 2 N–H and O–H groups in total. The molecule has 3 rings (SSSR count). The van der Waals surface area contributed by atoms with E-state index >= 15 is 0 Å².